The van der Waals surface area contributed by atoms with Gasteiger partial charge in [-0.15, -0.1) is 11.3 Å². The molecule has 1 aromatic carbocycles. The van der Waals surface area contributed by atoms with Gasteiger partial charge in [0.25, 0.3) is 0 Å². The topological polar surface area (TPSA) is 66.4 Å². The molecule has 2 aromatic rings. The van der Waals surface area contributed by atoms with Gasteiger partial charge < -0.3 is 5.11 Å². The van der Waals surface area contributed by atoms with Crippen molar-refractivity contribution in [2.24, 2.45) is 0 Å². The molecule has 0 radical (unpaired) electrons. The standard InChI is InChI=1S/C15H19NO3S2/c1-12(15-5-3-11-20-15)16-21(18,19)14-8-6-13(7-9-14)4-2-10-17/h3,5-9,11-12,16-17H,2,4,10H2,1H3. The number of aryl methyl sites for hydroxylation is 1. The minimum absolute atomic E-state index is 0.139. The summed E-state index contributed by atoms with van der Waals surface area (Å²) in [5, 5.41) is 10.7. The van der Waals surface area contributed by atoms with Crippen LogP contribution < -0.4 is 4.72 Å². The summed E-state index contributed by atoms with van der Waals surface area (Å²) in [6.07, 6.45) is 1.43. The number of benzene rings is 1. The molecule has 0 amide bonds. The molecule has 114 valence electrons. The van der Waals surface area contributed by atoms with Crippen molar-refractivity contribution < 1.29 is 13.5 Å². The number of hydrogen-bond donors (Lipinski definition) is 2. The molecule has 4 nitrogen and oxygen atoms in total. The Kier molecular flexibility index (Phi) is 5.52. The quantitative estimate of drug-likeness (QED) is 0.822. The van der Waals surface area contributed by atoms with Crippen LogP contribution in [-0.2, 0) is 16.4 Å². The highest BCUT2D eigenvalue weighted by atomic mass is 32.2. The molecule has 0 aliphatic rings. The van der Waals surface area contributed by atoms with Gasteiger partial charge in [-0.2, -0.15) is 0 Å². The fourth-order valence-electron chi connectivity index (χ4n) is 2.01. The molecule has 1 unspecified atom stereocenters. The van der Waals surface area contributed by atoms with E-state index in [9.17, 15) is 8.42 Å². The first-order valence-electron chi connectivity index (χ1n) is 6.78. The highest BCUT2D eigenvalue weighted by Crippen LogP contribution is 2.21. The molecule has 0 bridgehead atoms. The normalized spacial score (nSPS) is 13.2. The maximum absolute atomic E-state index is 12.3. The monoisotopic (exact) mass is 325 g/mol. The molecule has 21 heavy (non-hydrogen) atoms. The highest BCUT2D eigenvalue weighted by Gasteiger charge is 2.18. The molecule has 1 heterocycles. The van der Waals surface area contributed by atoms with Gasteiger partial charge in [-0.25, -0.2) is 13.1 Å². The maximum atomic E-state index is 12.3. The summed E-state index contributed by atoms with van der Waals surface area (Å²) in [5.41, 5.74) is 1.02. The van der Waals surface area contributed by atoms with Crippen LogP contribution in [0.15, 0.2) is 46.7 Å². The zero-order chi connectivity index (χ0) is 15.3. The van der Waals surface area contributed by atoms with E-state index in [2.05, 4.69) is 4.72 Å². The number of aliphatic hydroxyl groups excluding tert-OH is 1. The van der Waals surface area contributed by atoms with E-state index in [0.29, 0.717) is 6.42 Å². The lowest BCUT2D eigenvalue weighted by molar-refractivity contribution is 0.288. The molecule has 1 atom stereocenters. The Balaban J connectivity index is 2.08. The number of aliphatic hydroxyl groups is 1. The third-order valence-corrected chi connectivity index (χ3v) is 5.77. The first kappa shape index (κ1) is 16.2. The van der Waals surface area contributed by atoms with Crippen LogP contribution in [0.3, 0.4) is 0 Å². The summed E-state index contributed by atoms with van der Waals surface area (Å²) in [4.78, 5) is 1.25. The van der Waals surface area contributed by atoms with E-state index in [1.807, 2.05) is 24.4 Å². The summed E-state index contributed by atoms with van der Waals surface area (Å²) >= 11 is 1.53. The number of thiophene rings is 1. The second kappa shape index (κ2) is 7.17. The zero-order valence-corrected chi connectivity index (χ0v) is 13.5. The average Bonchev–Trinajstić information content (AvgIpc) is 2.99. The lowest BCUT2D eigenvalue weighted by Crippen LogP contribution is -2.26. The van der Waals surface area contributed by atoms with Crippen molar-refractivity contribution in [2.45, 2.75) is 30.7 Å². The van der Waals surface area contributed by atoms with Gasteiger partial charge in [0.1, 0.15) is 0 Å². The van der Waals surface area contributed by atoms with Gasteiger partial charge in [-0.1, -0.05) is 18.2 Å². The summed E-state index contributed by atoms with van der Waals surface area (Å²) in [6, 6.07) is 10.4. The van der Waals surface area contributed by atoms with Crippen molar-refractivity contribution in [3.63, 3.8) is 0 Å². The number of rotatable bonds is 7. The van der Waals surface area contributed by atoms with E-state index in [1.165, 1.54) is 11.3 Å². The highest BCUT2D eigenvalue weighted by molar-refractivity contribution is 7.89. The van der Waals surface area contributed by atoms with E-state index in [1.54, 1.807) is 24.3 Å². The first-order chi connectivity index (χ1) is 10.0. The maximum Gasteiger partial charge on any atom is 0.241 e. The lowest BCUT2D eigenvalue weighted by atomic mass is 10.1. The molecular weight excluding hydrogens is 306 g/mol. The van der Waals surface area contributed by atoms with E-state index in [0.717, 1.165) is 16.9 Å². The summed E-state index contributed by atoms with van der Waals surface area (Å²) in [7, 11) is -3.52. The van der Waals surface area contributed by atoms with Crippen LogP contribution in [0.25, 0.3) is 0 Å². The number of nitrogens with one attached hydrogen (secondary N) is 1. The minimum Gasteiger partial charge on any atom is -0.396 e. The second-order valence-corrected chi connectivity index (χ2v) is 7.52. The SMILES string of the molecule is CC(NS(=O)(=O)c1ccc(CCCO)cc1)c1cccs1. The molecule has 2 rings (SSSR count). The van der Waals surface area contributed by atoms with Crippen LogP contribution in [0.5, 0.6) is 0 Å². The number of hydrogen-bond acceptors (Lipinski definition) is 4. The van der Waals surface area contributed by atoms with Crippen LogP contribution >= 0.6 is 11.3 Å². The Hall–Kier alpha value is -1.21. The van der Waals surface area contributed by atoms with E-state index < -0.39 is 10.0 Å². The lowest BCUT2D eigenvalue weighted by Gasteiger charge is -2.13. The molecule has 0 spiro atoms. The van der Waals surface area contributed by atoms with E-state index >= 15 is 0 Å². The Morgan fingerprint density at radius 1 is 1.24 bits per heavy atom. The van der Waals surface area contributed by atoms with Gasteiger partial charge in [-0.3, -0.25) is 0 Å². The van der Waals surface area contributed by atoms with Crippen LogP contribution in [0.1, 0.15) is 29.8 Å². The van der Waals surface area contributed by atoms with Crippen LogP contribution in [0.4, 0.5) is 0 Å². The van der Waals surface area contributed by atoms with Crippen molar-refractivity contribution in [1.29, 1.82) is 0 Å². The molecule has 0 fully saturated rings. The Morgan fingerprint density at radius 3 is 2.52 bits per heavy atom. The first-order valence-corrected chi connectivity index (χ1v) is 9.15. The number of sulfonamides is 1. The average molecular weight is 325 g/mol. The van der Waals surface area contributed by atoms with Crippen LogP contribution in [-0.4, -0.2) is 20.1 Å². The molecule has 6 heteroatoms. The zero-order valence-electron chi connectivity index (χ0n) is 11.8. The third-order valence-electron chi connectivity index (χ3n) is 3.16. The largest absolute Gasteiger partial charge is 0.396 e. The van der Waals surface area contributed by atoms with Gasteiger partial charge in [0.05, 0.1) is 10.9 Å². The molecular formula is C15H19NO3S2. The predicted octanol–water partition coefficient (Wildman–Crippen LogP) is 2.71. The van der Waals surface area contributed by atoms with Crippen LogP contribution in [0.2, 0.25) is 0 Å². The molecule has 2 N–H and O–H groups in total. The van der Waals surface area contributed by atoms with Crippen LogP contribution in [0, 0.1) is 0 Å². The smallest absolute Gasteiger partial charge is 0.241 e. The molecule has 0 saturated carbocycles. The molecule has 0 saturated heterocycles. The van der Waals surface area contributed by atoms with Gasteiger partial charge in [0.15, 0.2) is 0 Å². The molecule has 1 aromatic heterocycles. The van der Waals surface area contributed by atoms with E-state index in [-0.39, 0.29) is 17.5 Å². The predicted molar refractivity (Wildman–Crippen MR) is 84.9 cm³/mol. The summed E-state index contributed by atoms with van der Waals surface area (Å²) in [6.45, 7) is 1.97. The fourth-order valence-corrected chi connectivity index (χ4v) is 4.05. The van der Waals surface area contributed by atoms with E-state index in [4.69, 9.17) is 5.11 Å². The van der Waals surface area contributed by atoms with Crippen molar-refractivity contribution in [3.05, 3.63) is 52.2 Å². The van der Waals surface area contributed by atoms with Crippen molar-refractivity contribution in [3.8, 4) is 0 Å². The summed E-state index contributed by atoms with van der Waals surface area (Å²) in [5.74, 6) is 0. The minimum atomic E-state index is -3.52. The Labute approximate surface area is 129 Å². The van der Waals surface area contributed by atoms with Gasteiger partial charge >= 0.3 is 0 Å². The third kappa shape index (κ3) is 4.38. The Morgan fingerprint density at radius 2 is 1.95 bits per heavy atom. The second-order valence-electron chi connectivity index (χ2n) is 4.83. The van der Waals surface area contributed by atoms with Gasteiger partial charge in [0, 0.05) is 11.5 Å². The van der Waals surface area contributed by atoms with Gasteiger partial charge in [0.2, 0.25) is 10.0 Å². The van der Waals surface area contributed by atoms with Crippen molar-refractivity contribution in [1.82, 2.24) is 4.72 Å². The molecule has 0 aliphatic heterocycles. The summed E-state index contributed by atoms with van der Waals surface area (Å²) < 4.78 is 27.3. The fraction of sp³-hybridized carbons (Fsp3) is 0.333. The van der Waals surface area contributed by atoms with Crippen molar-refractivity contribution in [2.75, 3.05) is 6.61 Å². The van der Waals surface area contributed by atoms with Crippen molar-refractivity contribution >= 4 is 21.4 Å². The molecule has 0 aliphatic carbocycles. The van der Waals surface area contributed by atoms with Gasteiger partial charge in [-0.05, 0) is 48.9 Å². The Bertz CT molecular complexity index is 649.